The zero-order valence-corrected chi connectivity index (χ0v) is 13.9. The molecule has 0 radical (unpaired) electrons. The maximum Gasteiger partial charge on any atom is 0.243 e. The highest BCUT2D eigenvalue weighted by Crippen LogP contribution is 2.24. The van der Waals surface area contributed by atoms with E-state index in [9.17, 15) is 4.79 Å². The van der Waals surface area contributed by atoms with Gasteiger partial charge in [0.1, 0.15) is 17.6 Å². The van der Waals surface area contributed by atoms with Crippen LogP contribution in [0.5, 0.6) is 11.5 Å². The van der Waals surface area contributed by atoms with Gasteiger partial charge in [-0.25, -0.2) is 4.98 Å². The van der Waals surface area contributed by atoms with Crippen LogP contribution < -0.4 is 14.8 Å². The Labute approximate surface area is 139 Å². The number of thiazole rings is 1. The molecule has 1 amide bonds. The topological polar surface area (TPSA) is 63.7 Å². The van der Waals surface area contributed by atoms with Crippen molar-refractivity contribution in [3.05, 3.63) is 35.8 Å². The number of carbonyl (C=O) groups excluding carboxylic acids is 1. The van der Waals surface area contributed by atoms with Crippen molar-refractivity contribution in [2.75, 3.05) is 25.5 Å². The lowest BCUT2D eigenvalue weighted by Gasteiger charge is -2.41. The smallest absolute Gasteiger partial charge is 0.243 e. The first-order valence-corrected chi connectivity index (χ1v) is 8.29. The number of likely N-dealkylation sites (tertiary alicyclic amines) is 1. The van der Waals surface area contributed by atoms with Gasteiger partial charge in [0, 0.05) is 30.7 Å². The molecule has 6 nitrogen and oxygen atoms in total. The lowest BCUT2D eigenvalue weighted by atomic mass is 10.1. The van der Waals surface area contributed by atoms with Gasteiger partial charge in [0.15, 0.2) is 5.13 Å². The number of carbonyl (C=O) groups is 1. The van der Waals surface area contributed by atoms with E-state index < -0.39 is 0 Å². The van der Waals surface area contributed by atoms with Crippen molar-refractivity contribution in [1.29, 1.82) is 0 Å². The second-order valence-electron chi connectivity index (χ2n) is 5.38. The normalized spacial score (nSPS) is 16.4. The van der Waals surface area contributed by atoms with Crippen LogP contribution in [-0.4, -0.2) is 48.1 Å². The minimum absolute atomic E-state index is 0.0419. The largest absolute Gasteiger partial charge is 0.497 e. The fraction of sp³-hybridized carbons (Fsp3) is 0.375. The zero-order valence-electron chi connectivity index (χ0n) is 13.1. The Morgan fingerprint density at radius 1 is 1.43 bits per heavy atom. The van der Waals surface area contributed by atoms with Gasteiger partial charge in [-0.05, 0) is 19.1 Å². The molecule has 0 spiro atoms. The maximum absolute atomic E-state index is 12.1. The Balaban J connectivity index is 1.47. The molecule has 1 aromatic heterocycles. The molecule has 2 heterocycles. The second kappa shape index (κ2) is 6.97. The number of benzene rings is 1. The van der Waals surface area contributed by atoms with Crippen LogP contribution in [-0.2, 0) is 4.79 Å². The first-order chi connectivity index (χ1) is 11.2. The SMILES string of the molecule is COc1cccc(OC2CN(C(C)C(=O)Nc3nccs3)C2)c1. The number of hydrogen-bond acceptors (Lipinski definition) is 6. The van der Waals surface area contributed by atoms with Crippen molar-refractivity contribution < 1.29 is 14.3 Å². The Bertz CT molecular complexity index is 656. The van der Waals surface area contributed by atoms with Crippen LogP contribution >= 0.6 is 11.3 Å². The number of nitrogens with one attached hydrogen (secondary N) is 1. The molecule has 23 heavy (non-hydrogen) atoms. The fourth-order valence-electron chi connectivity index (χ4n) is 2.39. The third-order valence-corrected chi connectivity index (χ3v) is 4.50. The van der Waals surface area contributed by atoms with E-state index in [4.69, 9.17) is 9.47 Å². The van der Waals surface area contributed by atoms with Gasteiger partial charge in [-0.3, -0.25) is 9.69 Å². The molecule has 1 N–H and O–H groups in total. The van der Waals surface area contributed by atoms with Crippen molar-refractivity contribution in [3.63, 3.8) is 0 Å². The average Bonchev–Trinajstić information content (AvgIpc) is 3.03. The molecule has 1 unspecified atom stereocenters. The van der Waals surface area contributed by atoms with E-state index in [1.54, 1.807) is 13.3 Å². The van der Waals surface area contributed by atoms with Crippen LogP contribution in [0.3, 0.4) is 0 Å². The standard InChI is InChI=1S/C16H19N3O3S/c1-11(15(20)18-16-17-6-7-23-16)19-9-14(10-19)22-13-5-3-4-12(8-13)21-2/h3-8,11,14H,9-10H2,1-2H3,(H,17,18,20). The van der Waals surface area contributed by atoms with Crippen molar-refractivity contribution in [1.82, 2.24) is 9.88 Å². The van der Waals surface area contributed by atoms with Crippen LogP contribution in [0, 0.1) is 0 Å². The summed E-state index contributed by atoms with van der Waals surface area (Å²) in [6, 6.07) is 7.34. The van der Waals surface area contributed by atoms with Gasteiger partial charge in [-0.2, -0.15) is 0 Å². The molecular formula is C16H19N3O3S. The van der Waals surface area contributed by atoms with Crippen LogP contribution in [0.4, 0.5) is 5.13 Å². The van der Waals surface area contributed by atoms with Crippen LogP contribution in [0.2, 0.25) is 0 Å². The van der Waals surface area contributed by atoms with Crippen LogP contribution in [0.1, 0.15) is 6.92 Å². The predicted octanol–water partition coefficient (Wildman–Crippen LogP) is 2.24. The van der Waals surface area contributed by atoms with Gasteiger partial charge in [0.05, 0.1) is 13.2 Å². The van der Waals surface area contributed by atoms with Crippen molar-refractivity contribution in [2.24, 2.45) is 0 Å². The number of hydrogen-bond donors (Lipinski definition) is 1. The summed E-state index contributed by atoms with van der Waals surface area (Å²) in [6.07, 6.45) is 1.77. The summed E-state index contributed by atoms with van der Waals surface area (Å²) >= 11 is 1.41. The number of rotatable bonds is 6. The number of amides is 1. The summed E-state index contributed by atoms with van der Waals surface area (Å²) in [5.74, 6) is 1.52. The zero-order chi connectivity index (χ0) is 16.2. The first-order valence-electron chi connectivity index (χ1n) is 7.41. The summed E-state index contributed by atoms with van der Waals surface area (Å²) in [5, 5.41) is 5.29. The van der Waals surface area contributed by atoms with E-state index in [2.05, 4.69) is 15.2 Å². The summed E-state index contributed by atoms with van der Waals surface area (Å²) in [5.41, 5.74) is 0. The molecule has 1 aliphatic rings. The Hall–Kier alpha value is -2.12. The van der Waals surface area contributed by atoms with Gasteiger partial charge in [0.25, 0.3) is 0 Å². The number of ether oxygens (including phenoxy) is 2. The molecule has 7 heteroatoms. The summed E-state index contributed by atoms with van der Waals surface area (Å²) in [6.45, 7) is 3.35. The average molecular weight is 333 g/mol. The molecule has 122 valence electrons. The molecule has 2 aromatic rings. The number of aromatic nitrogens is 1. The molecule has 0 saturated carbocycles. The summed E-state index contributed by atoms with van der Waals surface area (Å²) in [4.78, 5) is 18.3. The molecule has 0 aliphatic carbocycles. The van der Waals surface area contributed by atoms with Crippen LogP contribution in [0.15, 0.2) is 35.8 Å². The van der Waals surface area contributed by atoms with E-state index in [1.165, 1.54) is 11.3 Å². The first kappa shape index (κ1) is 15.8. The lowest BCUT2D eigenvalue weighted by Crippen LogP contribution is -2.59. The van der Waals surface area contributed by atoms with Gasteiger partial charge in [-0.15, -0.1) is 11.3 Å². The predicted molar refractivity (Wildman–Crippen MR) is 89.2 cm³/mol. The fourth-order valence-corrected chi connectivity index (χ4v) is 2.92. The molecule has 3 rings (SSSR count). The highest BCUT2D eigenvalue weighted by molar-refractivity contribution is 7.13. The van der Waals surface area contributed by atoms with Crippen molar-refractivity contribution in [3.8, 4) is 11.5 Å². The monoisotopic (exact) mass is 333 g/mol. The second-order valence-corrected chi connectivity index (χ2v) is 6.27. The van der Waals surface area contributed by atoms with E-state index in [0.29, 0.717) is 5.13 Å². The van der Waals surface area contributed by atoms with E-state index >= 15 is 0 Å². The molecule has 1 aromatic carbocycles. The number of anilines is 1. The highest BCUT2D eigenvalue weighted by atomic mass is 32.1. The van der Waals surface area contributed by atoms with E-state index in [0.717, 1.165) is 24.6 Å². The lowest BCUT2D eigenvalue weighted by molar-refractivity contribution is -0.124. The highest BCUT2D eigenvalue weighted by Gasteiger charge is 2.35. The van der Waals surface area contributed by atoms with E-state index in [-0.39, 0.29) is 18.1 Å². The van der Waals surface area contributed by atoms with Crippen molar-refractivity contribution in [2.45, 2.75) is 19.1 Å². The molecule has 1 fully saturated rings. The minimum Gasteiger partial charge on any atom is -0.497 e. The van der Waals surface area contributed by atoms with Gasteiger partial charge < -0.3 is 14.8 Å². The Kier molecular flexibility index (Phi) is 4.78. The van der Waals surface area contributed by atoms with Crippen LogP contribution in [0.25, 0.3) is 0 Å². The minimum atomic E-state index is -0.205. The molecule has 1 saturated heterocycles. The molecular weight excluding hydrogens is 314 g/mol. The summed E-state index contributed by atoms with van der Waals surface area (Å²) in [7, 11) is 1.63. The Morgan fingerprint density at radius 3 is 2.91 bits per heavy atom. The third kappa shape index (κ3) is 3.80. The van der Waals surface area contributed by atoms with Gasteiger partial charge >= 0.3 is 0 Å². The summed E-state index contributed by atoms with van der Waals surface area (Å²) < 4.78 is 11.1. The molecule has 0 bridgehead atoms. The quantitative estimate of drug-likeness (QED) is 0.878. The maximum atomic E-state index is 12.1. The third-order valence-electron chi connectivity index (χ3n) is 3.81. The van der Waals surface area contributed by atoms with Gasteiger partial charge in [-0.1, -0.05) is 6.07 Å². The number of nitrogens with zero attached hydrogens (tertiary/aromatic N) is 2. The van der Waals surface area contributed by atoms with E-state index in [1.807, 2.05) is 36.6 Å². The Morgan fingerprint density at radius 2 is 2.22 bits per heavy atom. The molecule has 1 aliphatic heterocycles. The van der Waals surface area contributed by atoms with Gasteiger partial charge in [0.2, 0.25) is 5.91 Å². The number of methoxy groups -OCH3 is 1. The van der Waals surface area contributed by atoms with Crippen molar-refractivity contribution >= 4 is 22.4 Å². The molecule has 1 atom stereocenters.